The van der Waals surface area contributed by atoms with Crippen molar-refractivity contribution >= 4 is 5.97 Å². The van der Waals surface area contributed by atoms with Crippen LogP contribution in [0.5, 0.6) is 0 Å². The van der Waals surface area contributed by atoms with Gasteiger partial charge in [-0.2, -0.15) is 0 Å². The molecule has 4 nitrogen and oxygen atoms in total. The van der Waals surface area contributed by atoms with Crippen LogP contribution >= 0.6 is 0 Å². The van der Waals surface area contributed by atoms with Crippen molar-refractivity contribution < 1.29 is 14.3 Å². The number of terminal acetylenes is 1. The predicted octanol–water partition coefficient (Wildman–Crippen LogP) is 0.0125. The van der Waals surface area contributed by atoms with Gasteiger partial charge in [-0.15, -0.1) is 6.42 Å². The van der Waals surface area contributed by atoms with Crippen LogP contribution < -0.4 is 5.32 Å². The summed E-state index contributed by atoms with van der Waals surface area (Å²) in [5.74, 6) is 0.950. The molecule has 0 bridgehead atoms. The molecule has 0 aromatic heterocycles. The summed E-state index contributed by atoms with van der Waals surface area (Å²) >= 11 is 0. The summed E-state index contributed by atoms with van der Waals surface area (Å²) < 4.78 is 9.96. The molecule has 0 saturated carbocycles. The fourth-order valence-corrected chi connectivity index (χ4v) is 1.03. The fourth-order valence-electron chi connectivity index (χ4n) is 1.03. The van der Waals surface area contributed by atoms with E-state index in [0.717, 1.165) is 0 Å². The monoisotopic (exact) mass is 181 g/mol. The highest BCUT2D eigenvalue weighted by atomic mass is 16.7. The molecule has 0 unspecified atom stereocenters. The van der Waals surface area contributed by atoms with Crippen molar-refractivity contribution in [1.29, 1.82) is 0 Å². The lowest BCUT2D eigenvalue weighted by molar-refractivity contribution is -0.186. The molecule has 0 radical (unpaired) electrons. The molecular weight excluding hydrogens is 170 g/mol. The summed E-state index contributed by atoms with van der Waals surface area (Å²) in [7, 11) is 1.46. The first-order chi connectivity index (χ1) is 6.12. The van der Waals surface area contributed by atoms with Crippen LogP contribution in [0.3, 0.4) is 0 Å². The van der Waals surface area contributed by atoms with E-state index in [9.17, 15) is 4.79 Å². The zero-order valence-electron chi connectivity index (χ0n) is 7.59. The lowest BCUT2D eigenvalue weighted by Crippen LogP contribution is -2.36. The number of rotatable bonds is 3. The normalized spacial score (nSPS) is 26.2. The van der Waals surface area contributed by atoms with E-state index in [2.05, 4.69) is 11.2 Å². The van der Waals surface area contributed by atoms with Gasteiger partial charge in [0.25, 0.3) is 5.79 Å². The molecule has 1 atom stereocenters. The van der Waals surface area contributed by atoms with Crippen LogP contribution in [0, 0.1) is 12.3 Å². The quantitative estimate of drug-likeness (QED) is 0.492. The van der Waals surface area contributed by atoms with Crippen LogP contribution in [-0.2, 0) is 14.3 Å². The van der Waals surface area contributed by atoms with E-state index >= 15 is 0 Å². The summed E-state index contributed by atoms with van der Waals surface area (Å²) in [5.41, 5.74) is 0.554. The highest BCUT2D eigenvalue weighted by molar-refractivity contribution is 5.86. The summed E-state index contributed by atoms with van der Waals surface area (Å²) in [5, 5.41) is 2.86. The van der Waals surface area contributed by atoms with E-state index in [0.29, 0.717) is 12.2 Å². The first-order valence-corrected chi connectivity index (χ1v) is 3.80. The molecule has 1 aliphatic rings. The molecule has 0 fully saturated rings. The summed E-state index contributed by atoms with van der Waals surface area (Å²) in [6, 6.07) is 0. The van der Waals surface area contributed by atoms with Crippen molar-refractivity contribution in [2.45, 2.75) is 12.7 Å². The molecule has 1 aliphatic heterocycles. The van der Waals surface area contributed by atoms with Crippen LogP contribution in [0.1, 0.15) is 6.92 Å². The number of esters is 1. The number of methoxy groups -OCH3 is 1. The number of cyclic esters (lactones) is 1. The van der Waals surface area contributed by atoms with Crippen molar-refractivity contribution in [2.75, 3.05) is 13.7 Å². The molecule has 0 aliphatic carbocycles. The third-order valence-corrected chi connectivity index (χ3v) is 1.82. The molecule has 1 rings (SSSR count). The zero-order chi connectivity index (χ0) is 9.90. The number of hydrogen-bond acceptors (Lipinski definition) is 4. The van der Waals surface area contributed by atoms with Gasteiger partial charge in [0, 0.05) is 20.1 Å². The standard InChI is InChI=1S/C9H11NO3/c1-4-5-10-7-6-8(11)13-9(7,2)12-3/h1,6,10H,5H2,2-3H3/t9-/m1/s1. The number of carbonyl (C=O) groups excluding carboxylic acids is 1. The SMILES string of the molecule is C#CCNC1=CC(=O)O[C@@]1(C)OC. The Bertz CT molecular complexity index is 290. The second kappa shape index (κ2) is 3.50. The van der Waals surface area contributed by atoms with E-state index < -0.39 is 11.8 Å². The van der Waals surface area contributed by atoms with Gasteiger partial charge in [-0.3, -0.25) is 0 Å². The molecular formula is C9H11NO3. The van der Waals surface area contributed by atoms with Crippen molar-refractivity contribution in [1.82, 2.24) is 5.32 Å². The van der Waals surface area contributed by atoms with Crippen LogP contribution in [0.4, 0.5) is 0 Å². The average Bonchev–Trinajstić information content (AvgIpc) is 2.39. The molecule has 1 heterocycles. The van der Waals surface area contributed by atoms with Gasteiger partial charge in [-0.05, 0) is 0 Å². The van der Waals surface area contributed by atoms with E-state index in [1.165, 1.54) is 13.2 Å². The second-order valence-electron chi connectivity index (χ2n) is 2.69. The lowest BCUT2D eigenvalue weighted by atomic mass is 10.2. The lowest BCUT2D eigenvalue weighted by Gasteiger charge is -2.24. The fraction of sp³-hybridized carbons (Fsp3) is 0.444. The molecule has 0 aromatic rings. The first-order valence-electron chi connectivity index (χ1n) is 3.80. The molecule has 0 aromatic carbocycles. The molecule has 1 N–H and O–H groups in total. The molecule has 4 heteroatoms. The average molecular weight is 181 g/mol. The van der Waals surface area contributed by atoms with E-state index in [1.807, 2.05) is 0 Å². The molecule has 70 valence electrons. The molecule has 0 saturated heterocycles. The van der Waals surface area contributed by atoms with Crippen molar-refractivity contribution in [3.05, 3.63) is 11.8 Å². The molecule has 13 heavy (non-hydrogen) atoms. The highest BCUT2D eigenvalue weighted by Gasteiger charge is 2.38. The number of nitrogens with one attached hydrogen (secondary N) is 1. The van der Waals surface area contributed by atoms with Gasteiger partial charge < -0.3 is 14.8 Å². The summed E-state index contributed by atoms with van der Waals surface area (Å²) in [4.78, 5) is 10.9. The molecule has 0 spiro atoms. The summed E-state index contributed by atoms with van der Waals surface area (Å²) in [6.45, 7) is 1.98. The van der Waals surface area contributed by atoms with Crippen LogP contribution in [-0.4, -0.2) is 25.4 Å². The Kier molecular flexibility index (Phi) is 2.59. The predicted molar refractivity (Wildman–Crippen MR) is 46.4 cm³/mol. The van der Waals surface area contributed by atoms with Gasteiger partial charge in [-0.1, -0.05) is 5.92 Å². The Balaban J connectivity index is 2.74. The van der Waals surface area contributed by atoms with Crippen molar-refractivity contribution in [2.24, 2.45) is 0 Å². The Morgan fingerprint density at radius 2 is 2.54 bits per heavy atom. The number of hydrogen-bond donors (Lipinski definition) is 1. The molecule has 0 amide bonds. The van der Waals surface area contributed by atoms with Crippen LogP contribution in [0.2, 0.25) is 0 Å². The topological polar surface area (TPSA) is 47.6 Å². The Hall–Kier alpha value is -1.47. The number of ether oxygens (including phenoxy) is 2. The largest absolute Gasteiger partial charge is 0.424 e. The second-order valence-corrected chi connectivity index (χ2v) is 2.69. The van der Waals surface area contributed by atoms with Gasteiger partial charge in [0.05, 0.1) is 12.2 Å². The van der Waals surface area contributed by atoms with Gasteiger partial charge in [0.2, 0.25) is 0 Å². The van der Waals surface area contributed by atoms with E-state index in [4.69, 9.17) is 15.9 Å². The summed E-state index contributed by atoms with van der Waals surface area (Å²) in [6.07, 6.45) is 6.40. The van der Waals surface area contributed by atoms with Crippen LogP contribution in [0.25, 0.3) is 0 Å². The van der Waals surface area contributed by atoms with Gasteiger partial charge in [-0.25, -0.2) is 4.79 Å². The third kappa shape index (κ3) is 1.82. The Morgan fingerprint density at radius 3 is 3.08 bits per heavy atom. The van der Waals surface area contributed by atoms with Gasteiger partial charge in [0.1, 0.15) is 0 Å². The minimum absolute atomic E-state index is 0.335. The first kappa shape index (κ1) is 9.62. The smallest absolute Gasteiger partial charge is 0.335 e. The maximum atomic E-state index is 10.9. The highest BCUT2D eigenvalue weighted by Crippen LogP contribution is 2.25. The van der Waals surface area contributed by atoms with E-state index in [1.54, 1.807) is 6.92 Å². The number of carbonyl (C=O) groups is 1. The van der Waals surface area contributed by atoms with Gasteiger partial charge in [0.15, 0.2) is 0 Å². The van der Waals surface area contributed by atoms with Crippen LogP contribution in [0.15, 0.2) is 11.8 Å². The van der Waals surface area contributed by atoms with Crippen molar-refractivity contribution in [3.63, 3.8) is 0 Å². The van der Waals surface area contributed by atoms with Gasteiger partial charge >= 0.3 is 5.97 Å². The maximum absolute atomic E-state index is 10.9. The van der Waals surface area contributed by atoms with Crippen molar-refractivity contribution in [3.8, 4) is 12.3 Å². The Labute approximate surface area is 76.9 Å². The third-order valence-electron chi connectivity index (χ3n) is 1.82. The zero-order valence-corrected chi connectivity index (χ0v) is 7.59. The minimum atomic E-state index is -1.02. The van der Waals surface area contributed by atoms with E-state index in [-0.39, 0.29) is 0 Å². The Morgan fingerprint density at radius 1 is 1.85 bits per heavy atom. The maximum Gasteiger partial charge on any atom is 0.335 e. The minimum Gasteiger partial charge on any atom is -0.424 e.